The quantitative estimate of drug-likeness (QED) is 0.825. The molecule has 0 heterocycles. The van der Waals surface area contributed by atoms with Gasteiger partial charge >= 0.3 is 6.18 Å². The summed E-state index contributed by atoms with van der Waals surface area (Å²) in [6.45, 7) is 1.49. The molecule has 0 spiro atoms. The molecular weight excluding hydrogens is 281 g/mol. The molecule has 0 aliphatic rings. The summed E-state index contributed by atoms with van der Waals surface area (Å²) >= 11 is 0. The number of hydrogen-bond donors (Lipinski definition) is 2. The van der Waals surface area contributed by atoms with Gasteiger partial charge in [0.15, 0.2) is 0 Å². The number of carbonyl (C=O) groups is 1. The Balaban J connectivity index is 2.97. The SMILES string of the molecule is CC(CS(=O)c1ccc(C(F)(F)F)cc1N)C(N)=O. The Morgan fingerprint density at radius 3 is 2.42 bits per heavy atom. The smallest absolute Gasteiger partial charge is 0.398 e. The third kappa shape index (κ3) is 3.95. The van der Waals surface area contributed by atoms with E-state index in [1.54, 1.807) is 0 Å². The maximum atomic E-state index is 12.4. The van der Waals surface area contributed by atoms with Gasteiger partial charge in [0.25, 0.3) is 0 Å². The first-order valence-electron chi connectivity index (χ1n) is 5.27. The first kappa shape index (κ1) is 15.5. The molecule has 1 aromatic rings. The molecule has 1 rings (SSSR count). The van der Waals surface area contributed by atoms with Crippen molar-refractivity contribution in [1.82, 2.24) is 0 Å². The van der Waals surface area contributed by atoms with E-state index < -0.39 is 34.4 Å². The van der Waals surface area contributed by atoms with E-state index in [-0.39, 0.29) is 16.3 Å². The third-order valence-electron chi connectivity index (χ3n) is 2.47. The molecule has 0 bridgehead atoms. The lowest BCUT2D eigenvalue weighted by Crippen LogP contribution is -2.25. The number of carbonyl (C=O) groups excluding carboxylic acids is 1. The van der Waals surface area contributed by atoms with Crippen molar-refractivity contribution in [3.63, 3.8) is 0 Å². The number of nitrogen functional groups attached to an aromatic ring is 1. The van der Waals surface area contributed by atoms with Gasteiger partial charge in [-0.3, -0.25) is 9.00 Å². The van der Waals surface area contributed by atoms with Crippen LogP contribution in [0.2, 0.25) is 0 Å². The Morgan fingerprint density at radius 1 is 1.42 bits per heavy atom. The van der Waals surface area contributed by atoms with Crippen molar-refractivity contribution in [2.45, 2.75) is 18.0 Å². The molecule has 0 aliphatic heterocycles. The molecule has 1 amide bonds. The average molecular weight is 294 g/mol. The first-order valence-corrected chi connectivity index (χ1v) is 6.59. The fourth-order valence-electron chi connectivity index (χ4n) is 1.33. The molecule has 8 heteroatoms. The summed E-state index contributed by atoms with van der Waals surface area (Å²) in [5.74, 6) is -1.35. The average Bonchev–Trinajstić information content (AvgIpc) is 2.27. The molecule has 1 aromatic carbocycles. The van der Waals surface area contributed by atoms with E-state index in [0.29, 0.717) is 0 Å². The predicted octanol–water partition coefficient (Wildman–Crippen LogP) is 1.52. The van der Waals surface area contributed by atoms with Gasteiger partial charge in [0.05, 0.1) is 21.3 Å². The second-order valence-electron chi connectivity index (χ2n) is 4.07. The van der Waals surface area contributed by atoms with Crippen LogP contribution in [0.1, 0.15) is 12.5 Å². The number of primary amides is 1. The van der Waals surface area contributed by atoms with E-state index in [2.05, 4.69) is 0 Å². The van der Waals surface area contributed by atoms with Crippen LogP contribution in [0.25, 0.3) is 0 Å². The van der Waals surface area contributed by atoms with Crippen molar-refractivity contribution >= 4 is 22.4 Å². The van der Waals surface area contributed by atoms with E-state index in [0.717, 1.165) is 18.2 Å². The fraction of sp³-hybridized carbons (Fsp3) is 0.364. The van der Waals surface area contributed by atoms with Crippen molar-refractivity contribution in [3.8, 4) is 0 Å². The highest BCUT2D eigenvalue weighted by atomic mass is 32.2. The van der Waals surface area contributed by atoms with Gasteiger partial charge in [0.1, 0.15) is 0 Å². The Labute approximate surface area is 110 Å². The van der Waals surface area contributed by atoms with Gasteiger partial charge in [-0.25, -0.2) is 0 Å². The zero-order valence-electron chi connectivity index (χ0n) is 10.0. The molecule has 2 atom stereocenters. The molecular formula is C11H13F3N2O2S. The fourth-order valence-corrected chi connectivity index (χ4v) is 2.67. The topological polar surface area (TPSA) is 86.2 Å². The maximum absolute atomic E-state index is 12.4. The van der Waals surface area contributed by atoms with Gasteiger partial charge in [0.2, 0.25) is 5.91 Å². The number of amides is 1. The Hall–Kier alpha value is -1.57. The number of halogens is 3. The summed E-state index contributed by atoms with van der Waals surface area (Å²) in [4.78, 5) is 10.9. The van der Waals surface area contributed by atoms with E-state index in [4.69, 9.17) is 11.5 Å². The van der Waals surface area contributed by atoms with Crippen LogP contribution >= 0.6 is 0 Å². The van der Waals surface area contributed by atoms with E-state index in [1.165, 1.54) is 6.92 Å². The van der Waals surface area contributed by atoms with Crippen LogP contribution in [0.3, 0.4) is 0 Å². The molecule has 0 aromatic heterocycles. The molecule has 0 radical (unpaired) electrons. The summed E-state index contributed by atoms with van der Waals surface area (Å²) in [5.41, 5.74) is 9.36. The van der Waals surface area contributed by atoms with Crippen molar-refractivity contribution in [2.24, 2.45) is 11.7 Å². The summed E-state index contributed by atoms with van der Waals surface area (Å²) < 4.78 is 49.2. The second-order valence-corrected chi connectivity index (χ2v) is 5.53. The molecule has 0 saturated carbocycles. The zero-order chi connectivity index (χ0) is 14.8. The van der Waals surface area contributed by atoms with Crippen molar-refractivity contribution in [2.75, 3.05) is 11.5 Å². The molecule has 0 aliphatic carbocycles. The van der Waals surface area contributed by atoms with Crippen LogP contribution in [0, 0.1) is 5.92 Å². The van der Waals surface area contributed by atoms with Gasteiger partial charge in [-0.15, -0.1) is 0 Å². The van der Waals surface area contributed by atoms with Crippen molar-refractivity contribution in [1.29, 1.82) is 0 Å². The van der Waals surface area contributed by atoms with Gasteiger partial charge in [-0.1, -0.05) is 6.92 Å². The number of anilines is 1. The normalized spacial score (nSPS) is 14.9. The highest BCUT2D eigenvalue weighted by Crippen LogP contribution is 2.32. The van der Waals surface area contributed by atoms with E-state index in [1.807, 2.05) is 0 Å². The van der Waals surface area contributed by atoms with Crippen LogP contribution < -0.4 is 11.5 Å². The van der Waals surface area contributed by atoms with Crippen LogP contribution in [0.15, 0.2) is 23.1 Å². The Kier molecular flexibility index (Phi) is 4.56. The number of rotatable bonds is 4. The van der Waals surface area contributed by atoms with E-state index >= 15 is 0 Å². The maximum Gasteiger partial charge on any atom is 0.416 e. The largest absolute Gasteiger partial charge is 0.416 e. The number of nitrogens with two attached hydrogens (primary N) is 2. The van der Waals surface area contributed by atoms with Crippen LogP contribution in [0.4, 0.5) is 18.9 Å². The van der Waals surface area contributed by atoms with E-state index in [9.17, 15) is 22.2 Å². The lowest BCUT2D eigenvalue weighted by atomic mass is 10.2. The second kappa shape index (κ2) is 5.60. The van der Waals surface area contributed by atoms with Crippen LogP contribution in [-0.4, -0.2) is 15.9 Å². The molecule has 0 fully saturated rings. The first-order chi connectivity index (χ1) is 8.62. The molecule has 106 valence electrons. The minimum atomic E-state index is -4.51. The molecule has 19 heavy (non-hydrogen) atoms. The Morgan fingerprint density at radius 2 is 2.00 bits per heavy atom. The molecule has 2 unspecified atom stereocenters. The zero-order valence-corrected chi connectivity index (χ0v) is 10.8. The van der Waals surface area contributed by atoms with Crippen LogP contribution in [0.5, 0.6) is 0 Å². The van der Waals surface area contributed by atoms with Crippen molar-refractivity contribution in [3.05, 3.63) is 23.8 Å². The van der Waals surface area contributed by atoms with Gasteiger partial charge < -0.3 is 11.5 Å². The molecule has 0 saturated heterocycles. The lowest BCUT2D eigenvalue weighted by Gasteiger charge is -2.12. The van der Waals surface area contributed by atoms with Gasteiger partial charge in [-0.05, 0) is 18.2 Å². The van der Waals surface area contributed by atoms with Crippen LogP contribution in [-0.2, 0) is 21.8 Å². The summed E-state index contributed by atoms with van der Waals surface area (Å²) in [5, 5.41) is 0. The van der Waals surface area contributed by atoms with Gasteiger partial charge in [-0.2, -0.15) is 13.2 Å². The number of benzene rings is 1. The van der Waals surface area contributed by atoms with Crippen molar-refractivity contribution < 1.29 is 22.2 Å². The molecule has 4 nitrogen and oxygen atoms in total. The monoisotopic (exact) mass is 294 g/mol. The standard InChI is InChI=1S/C11H13F3N2O2S/c1-6(10(16)17)5-19(18)9-3-2-7(4-8(9)15)11(12,13)14/h2-4,6H,5,15H2,1H3,(H2,16,17). The lowest BCUT2D eigenvalue weighted by molar-refractivity contribution is -0.137. The number of hydrogen-bond acceptors (Lipinski definition) is 3. The third-order valence-corrected chi connectivity index (χ3v) is 4.13. The number of alkyl halides is 3. The predicted molar refractivity (Wildman–Crippen MR) is 65.5 cm³/mol. The molecule has 4 N–H and O–H groups in total. The highest BCUT2D eigenvalue weighted by Gasteiger charge is 2.31. The summed E-state index contributed by atoms with van der Waals surface area (Å²) in [6.07, 6.45) is -4.51. The van der Waals surface area contributed by atoms with Gasteiger partial charge in [0, 0.05) is 17.4 Å². The minimum absolute atomic E-state index is 0.0705. The highest BCUT2D eigenvalue weighted by molar-refractivity contribution is 7.85. The summed E-state index contributed by atoms with van der Waals surface area (Å²) in [7, 11) is -1.67. The minimum Gasteiger partial charge on any atom is -0.398 e. The Bertz CT molecular complexity index is 517. The summed E-state index contributed by atoms with van der Waals surface area (Å²) in [6, 6.07) is 2.59.